The van der Waals surface area contributed by atoms with Crippen molar-refractivity contribution in [2.75, 3.05) is 5.32 Å². The highest BCUT2D eigenvalue weighted by molar-refractivity contribution is 7.13. The minimum Gasteiger partial charge on any atom is -0.443 e. The molecule has 3 aromatic heterocycles. The molecule has 0 aliphatic heterocycles. The molecular formula is C18H14N6O3S. The van der Waals surface area contributed by atoms with Crippen LogP contribution in [0.15, 0.2) is 53.5 Å². The fraction of sp³-hybridized carbons (Fsp3) is 0.111. The summed E-state index contributed by atoms with van der Waals surface area (Å²) in [6.07, 6.45) is 4.19. The molecule has 28 heavy (non-hydrogen) atoms. The Morgan fingerprint density at radius 2 is 2.00 bits per heavy atom. The number of anilines is 1. The van der Waals surface area contributed by atoms with E-state index in [1.807, 2.05) is 30.3 Å². The van der Waals surface area contributed by atoms with E-state index in [1.165, 1.54) is 41.8 Å². The lowest BCUT2D eigenvalue weighted by atomic mass is 10.1. The zero-order valence-corrected chi connectivity index (χ0v) is 15.5. The van der Waals surface area contributed by atoms with Crippen LogP contribution in [0.3, 0.4) is 0 Å². The first-order valence-corrected chi connectivity index (χ1v) is 9.08. The highest BCUT2D eigenvalue weighted by Crippen LogP contribution is 2.23. The first-order valence-electron chi connectivity index (χ1n) is 8.26. The molecule has 1 N–H and O–H groups in total. The molecule has 0 saturated carbocycles. The quantitative estimate of drug-likeness (QED) is 0.500. The number of ketones is 1. The van der Waals surface area contributed by atoms with Crippen LogP contribution in [0, 0.1) is 0 Å². The van der Waals surface area contributed by atoms with Gasteiger partial charge in [-0.3, -0.25) is 9.59 Å². The van der Waals surface area contributed by atoms with Crippen molar-refractivity contribution in [2.24, 2.45) is 0 Å². The number of nitrogens with zero attached hydrogens (tertiary/aromatic N) is 5. The summed E-state index contributed by atoms with van der Waals surface area (Å²) in [7, 11) is 0. The Morgan fingerprint density at radius 1 is 1.18 bits per heavy atom. The number of aromatic nitrogens is 5. The maximum Gasteiger partial charge on any atom is 0.279 e. The SMILES string of the molecule is CC(=O)c1cnc(Cn2ncc(NC(=O)c3ncoc3-c3ccccc3)n2)s1. The number of carbonyl (C=O) groups is 2. The van der Waals surface area contributed by atoms with Crippen molar-refractivity contribution in [3.8, 4) is 11.3 Å². The van der Waals surface area contributed by atoms with Crippen molar-refractivity contribution in [2.45, 2.75) is 13.5 Å². The molecule has 0 fully saturated rings. The van der Waals surface area contributed by atoms with Crippen LogP contribution in [0.25, 0.3) is 11.3 Å². The van der Waals surface area contributed by atoms with Gasteiger partial charge in [-0.15, -0.1) is 16.4 Å². The Balaban J connectivity index is 1.46. The largest absolute Gasteiger partial charge is 0.443 e. The first kappa shape index (κ1) is 17.7. The van der Waals surface area contributed by atoms with E-state index >= 15 is 0 Å². The summed E-state index contributed by atoms with van der Waals surface area (Å²) >= 11 is 1.29. The molecule has 0 atom stereocenters. The molecule has 0 aliphatic carbocycles. The first-order chi connectivity index (χ1) is 13.6. The van der Waals surface area contributed by atoms with Gasteiger partial charge in [0.15, 0.2) is 29.4 Å². The third kappa shape index (κ3) is 3.71. The predicted octanol–water partition coefficient (Wildman–Crippen LogP) is 2.89. The zero-order valence-electron chi connectivity index (χ0n) is 14.7. The van der Waals surface area contributed by atoms with Gasteiger partial charge in [0.2, 0.25) is 0 Å². The van der Waals surface area contributed by atoms with Crippen LogP contribution in [-0.4, -0.2) is 36.7 Å². The fourth-order valence-corrected chi connectivity index (χ4v) is 3.26. The van der Waals surface area contributed by atoms with Crippen molar-refractivity contribution < 1.29 is 14.0 Å². The summed E-state index contributed by atoms with van der Waals surface area (Å²) in [6.45, 7) is 1.79. The molecule has 10 heteroatoms. The number of amides is 1. The number of oxazole rings is 1. The lowest BCUT2D eigenvalue weighted by Crippen LogP contribution is -2.14. The lowest BCUT2D eigenvalue weighted by molar-refractivity contribution is 0.101. The van der Waals surface area contributed by atoms with Gasteiger partial charge in [0, 0.05) is 18.7 Å². The van der Waals surface area contributed by atoms with Crippen LogP contribution in [0.1, 0.15) is 32.1 Å². The van der Waals surface area contributed by atoms with Crippen LogP contribution in [0.4, 0.5) is 5.82 Å². The minimum atomic E-state index is -0.451. The average molecular weight is 394 g/mol. The van der Waals surface area contributed by atoms with E-state index in [1.54, 1.807) is 0 Å². The Hall–Kier alpha value is -3.66. The normalized spacial score (nSPS) is 10.8. The summed E-state index contributed by atoms with van der Waals surface area (Å²) < 4.78 is 5.37. The number of hydrogen-bond donors (Lipinski definition) is 1. The maximum atomic E-state index is 12.6. The van der Waals surface area contributed by atoms with Gasteiger partial charge in [0.1, 0.15) is 11.6 Å². The molecule has 0 bridgehead atoms. The third-order valence-electron chi connectivity index (χ3n) is 3.77. The summed E-state index contributed by atoms with van der Waals surface area (Å²) in [5.41, 5.74) is 0.908. The molecule has 140 valence electrons. The molecule has 0 spiro atoms. The average Bonchev–Trinajstić information content (AvgIpc) is 3.43. The fourth-order valence-electron chi connectivity index (χ4n) is 2.48. The van der Waals surface area contributed by atoms with Crippen LogP contribution in [0.2, 0.25) is 0 Å². The van der Waals surface area contributed by atoms with E-state index in [0.717, 1.165) is 5.56 Å². The number of thiazole rings is 1. The Bertz CT molecular complexity index is 1130. The molecule has 1 amide bonds. The van der Waals surface area contributed by atoms with Crippen LogP contribution in [-0.2, 0) is 6.54 Å². The second kappa shape index (κ2) is 7.53. The van der Waals surface area contributed by atoms with E-state index in [9.17, 15) is 9.59 Å². The third-order valence-corrected chi connectivity index (χ3v) is 4.86. The number of Topliss-reactive ketones (excluding diaryl/α,β-unsaturated/α-hetero) is 1. The highest BCUT2D eigenvalue weighted by Gasteiger charge is 2.19. The Labute approximate surface area is 163 Å². The Morgan fingerprint density at radius 3 is 2.75 bits per heavy atom. The Kier molecular flexibility index (Phi) is 4.77. The lowest BCUT2D eigenvalue weighted by Gasteiger charge is -2.01. The van der Waals surface area contributed by atoms with Crippen molar-refractivity contribution in [1.82, 2.24) is 25.0 Å². The molecule has 4 aromatic rings. The molecule has 4 rings (SSSR count). The molecule has 0 aliphatic rings. The second-order valence-corrected chi connectivity index (χ2v) is 6.90. The monoisotopic (exact) mass is 394 g/mol. The van der Waals surface area contributed by atoms with Crippen LogP contribution < -0.4 is 5.32 Å². The summed E-state index contributed by atoms with van der Waals surface area (Å²) in [5, 5.41) is 11.7. The smallest absolute Gasteiger partial charge is 0.279 e. The van der Waals surface area contributed by atoms with Gasteiger partial charge >= 0.3 is 0 Å². The maximum absolute atomic E-state index is 12.6. The second-order valence-electron chi connectivity index (χ2n) is 5.78. The standard InChI is InChI=1S/C18H14N6O3S/c1-11(25)13-7-19-15(28-13)9-24-21-8-14(23-24)22-18(26)16-17(27-10-20-16)12-5-3-2-4-6-12/h2-8,10H,9H2,1H3,(H,22,23,26). The van der Waals surface area contributed by atoms with Crippen LogP contribution >= 0.6 is 11.3 Å². The van der Waals surface area contributed by atoms with Crippen molar-refractivity contribution >= 4 is 28.8 Å². The molecule has 9 nitrogen and oxygen atoms in total. The number of hydrogen-bond acceptors (Lipinski definition) is 8. The van der Waals surface area contributed by atoms with Crippen molar-refractivity contribution in [3.63, 3.8) is 0 Å². The van der Waals surface area contributed by atoms with Gasteiger partial charge in [-0.1, -0.05) is 30.3 Å². The van der Waals surface area contributed by atoms with E-state index in [0.29, 0.717) is 22.2 Å². The summed E-state index contributed by atoms with van der Waals surface area (Å²) in [5.74, 6) is 0.167. The van der Waals surface area contributed by atoms with Crippen LogP contribution in [0.5, 0.6) is 0 Å². The zero-order chi connectivity index (χ0) is 19.5. The van der Waals surface area contributed by atoms with Gasteiger partial charge in [0.05, 0.1) is 11.1 Å². The number of benzene rings is 1. The minimum absolute atomic E-state index is 0.0352. The topological polar surface area (TPSA) is 116 Å². The highest BCUT2D eigenvalue weighted by atomic mass is 32.1. The number of carbonyl (C=O) groups excluding carboxylic acids is 2. The van der Waals surface area contributed by atoms with E-state index in [2.05, 4.69) is 25.5 Å². The van der Waals surface area contributed by atoms with E-state index in [-0.39, 0.29) is 17.3 Å². The predicted molar refractivity (Wildman–Crippen MR) is 101 cm³/mol. The molecule has 3 heterocycles. The van der Waals surface area contributed by atoms with Crippen molar-refractivity contribution in [1.29, 1.82) is 0 Å². The van der Waals surface area contributed by atoms with Gasteiger partial charge in [-0.2, -0.15) is 9.90 Å². The van der Waals surface area contributed by atoms with Gasteiger partial charge < -0.3 is 9.73 Å². The van der Waals surface area contributed by atoms with Crippen molar-refractivity contribution in [3.05, 3.63) is 64.7 Å². The van der Waals surface area contributed by atoms with Gasteiger partial charge in [0.25, 0.3) is 5.91 Å². The van der Waals surface area contributed by atoms with Gasteiger partial charge in [-0.25, -0.2) is 9.97 Å². The van der Waals surface area contributed by atoms with E-state index in [4.69, 9.17) is 4.42 Å². The summed E-state index contributed by atoms with van der Waals surface area (Å²) in [6, 6.07) is 9.23. The number of nitrogens with one attached hydrogen (secondary N) is 1. The molecular weight excluding hydrogens is 380 g/mol. The molecule has 0 saturated heterocycles. The molecule has 0 unspecified atom stereocenters. The molecule has 0 radical (unpaired) electrons. The number of rotatable bonds is 6. The molecule has 1 aromatic carbocycles. The van der Waals surface area contributed by atoms with E-state index < -0.39 is 5.91 Å². The summed E-state index contributed by atoms with van der Waals surface area (Å²) in [4.78, 5) is 34.1. The van der Waals surface area contributed by atoms with Gasteiger partial charge in [-0.05, 0) is 0 Å².